The smallest absolute Gasteiger partial charge is 0.245 e. The average Bonchev–Trinajstić information content (AvgIpc) is 3.05. The van der Waals surface area contributed by atoms with Crippen molar-refractivity contribution >= 4 is 23.2 Å². The van der Waals surface area contributed by atoms with Gasteiger partial charge < -0.3 is 15.1 Å². The summed E-state index contributed by atoms with van der Waals surface area (Å²) in [7, 11) is 2.07. The van der Waals surface area contributed by atoms with Gasteiger partial charge >= 0.3 is 0 Å². The SMILES string of the molecule is CC(C)C[C@H](NC(=O)CCc1cccs1)C(=O)N1CCN(C)CC1. The van der Waals surface area contributed by atoms with Gasteiger partial charge in [0, 0.05) is 37.5 Å². The van der Waals surface area contributed by atoms with Gasteiger partial charge in [-0.15, -0.1) is 11.3 Å². The fourth-order valence-electron chi connectivity index (χ4n) is 2.90. The Hall–Kier alpha value is -1.40. The van der Waals surface area contributed by atoms with E-state index in [0.717, 1.165) is 32.6 Å². The highest BCUT2D eigenvalue weighted by molar-refractivity contribution is 7.09. The summed E-state index contributed by atoms with van der Waals surface area (Å²) in [5.41, 5.74) is 0. The summed E-state index contributed by atoms with van der Waals surface area (Å²) in [6.45, 7) is 7.45. The van der Waals surface area contributed by atoms with Crippen molar-refractivity contribution < 1.29 is 9.59 Å². The predicted octanol–water partition coefficient (Wildman–Crippen LogP) is 1.99. The predicted molar refractivity (Wildman–Crippen MR) is 98.1 cm³/mol. The summed E-state index contributed by atoms with van der Waals surface area (Å²) in [6.07, 6.45) is 1.86. The monoisotopic (exact) mass is 351 g/mol. The molecule has 1 aromatic heterocycles. The van der Waals surface area contributed by atoms with Gasteiger partial charge in [0.1, 0.15) is 6.04 Å². The molecule has 0 bridgehead atoms. The van der Waals surface area contributed by atoms with E-state index in [1.807, 2.05) is 22.4 Å². The van der Waals surface area contributed by atoms with Gasteiger partial charge in [-0.3, -0.25) is 9.59 Å². The van der Waals surface area contributed by atoms with Crippen LogP contribution in [0.3, 0.4) is 0 Å². The topological polar surface area (TPSA) is 52.7 Å². The lowest BCUT2D eigenvalue weighted by Gasteiger charge is -2.35. The first-order chi connectivity index (χ1) is 11.5. The second-order valence-corrected chi connectivity index (χ2v) is 7.99. The standard InChI is InChI=1S/C18H29N3O2S/c1-14(2)13-16(18(23)21-10-8-20(3)9-11-21)19-17(22)7-6-15-5-4-12-24-15/h4-5,12,14,16H,6-11,13H2,1-3H3,(H,19,22)/t16-/m0/s1. The van der Waals surface area contributed by atoms with E-state index < -0.39 is 6.04 Å². The highest BCUT2D eigenvalue weighted by Gasteiger charge is 2.28. The van der Waals surface area contributed by atoms with Crippen molar-refractivity contribution in [3.8, 4) is 0 Å². The molecule has 1 aliphatic rings. The Morgan fingerprint density at radius 2 is 1.96 bits per heavy atom. The van der Waals surface area contributed by atoms with Crippen LogP contribution in [-0.4, -0.2) is 60.9 Å². The maximum atomic E-state index is 12.8. The maximum Gasteiger partial charge on any atom is 0.245 e. The van der Waals surface area contributed by atoms with Gasteiger partial charge in [-0.1, -0.05) is 19.9 Å². The third kappa shape index (κ3) is 5.91. The fourth-order valence-corrected chi connectivity index (χ4v) is 3.61. The van der Waals surface area contributed by atoms with Crippen molar-refractivity contribution in [2.24, 2.45) is 5.92 Å². The van der Waals surface area contributed by atoms with Crippen LogP contribution in [0.15, 0.2) is 17.5 Å². The molecule has 0 aromatic carbocycles. The molecular weight excluding hydrogens is 322 g/mol. The zero-order valence-electron chi connectivity index (χ0n) is 15.0. The lowest BCUT2D eigenvalue weighted by molar-refractivity contribution is -0.138. The highest BCUT2D eigenvalue weighted by atomic mass is 32.1. The van der Waals surface area contributed by atoms with Crippen LogP contribution < -0.4 is 5.32 Å². The van der Waals surface area contributed by atoms with Crippen LogP contribution >= 0.6 is 11.3 Å². The summed E-state index contributed by atoms with van der Waals surface area (Å²) in [6, 6.07) is 3.64. The second-order valence-electron chi connectivity index (χ2n) is 6.96. The lowest BCUT2D eigenvalue weighted by Crippen LogP contribution is -2.54. The average molecular weight is 352 g/mol. The number of nitrogens with zero attached hydrogens (tertiary/aromatic N) is 2. The zero-order valence-corrected chi connectivity index (χ0v) is 15.8. The molecule has 24 heavy (non-hydrogen) atoms. The number of rotatable bonds is 7. The molecule has 1 saturated heterocycles. The van der Waals surface area contributed by atoms with E-state index in [0.29, 0.717) is 18.8 Å². The van der Waals surface area contributed by atoms with Crippen LogP contribution in [0.4, 0.5) is 0 Å². The van der Waals surface area contributed by atoms with Crippen molar-refractivity contribution in [2.75, 3.05) is 33.2 Å². The molecule has 2 amide bonds. The number of carbonyl (C=O) groups is 2. The van der Waals surface area contributed by atoms with Gasteiger partial charge in [-0.2, -0.15) is 0 Å². The molecule has 2 rings (SSSR count). The van der Waals surface area contributed by atoms with Gasteiger partial charge in [0.2, 0.25) is 11.8 Å². The molecule has 0 radical (unpaired) electrons. The van der Waals surface area contributed by atoms with Gasteiger partial charge in [-0.05, 0) is 37.3 Å². The molecule has 1 aromatic rings. The van der Waals surface area contributed by atoms with Crippen LogP contribution in [0.5, 0.6) is 0 Å². The minimum absolute atomic E-state index is 0.0310. The van der Waals surface area contributed by atoms with E-state index in [-0.39, 0.29) is 11.8 Å². The molecule has 0 unspecified atom stereocenters. The van der Waals surface area contributed by atoms with E-state index in [9.17, 15) is 9.59 Å². The number of piperazine rings is 1. The third-order valence-electron chi connectivity index (χ3n) is 4.33. The fraction of sp³-hybridized carbons (Fsp3) is 0.667. The van der Waals surface area contributed by atoms with Gasteiger partial charge in [0.25, 0.3) is 0 Å². The molecule has 5 nitrogen and oxygen atoms in total. The van der Waals surface area contributed by atoms with Crippen molar-refractivity contribution in [3.05, 3.63) is 22.4 Å². The number of amides is 2. The van der Waals surface area contributed by atoms with Gasteiger partial charge in [0.15, 0.2) is 0 Å². The zero-order chi connectivity index (χ0) is 17.5. The number of likely N-dealkylation sites (N-methyl/N-ethyl adjacent to an activating group) is 1. The van der Waals surface area contributed by atoms with Crippen molar-refractivity contribution in [3.63, 3.8) is 0 Å². The van der Waals surface area contributed by atoms with Crippen LogP contribution in [0.2, 0.25) is 0 Å². The van der Waals surface area contributed by atoms with E-state index in [4.69, 9.17) is 0 Å². The Morgan fingerprint density at radius 1 is 1.25 bits per heavy atom. The molecule has 1 N–H and O–H groups in total. The van der Waals surface area contributed by atoms with Crippen molar-refractivity contribution in [1.29, 1.82) is 0 Å². The maximum absolute atomic E-state index is 12.8. The number of hydrogen-bond acceptors (Lipinski definition) is 4. The first-order valence-corrected chi connectivity index (χ1v) is 9.62. The molecule has 2 heterocycles. The Morgan fingerprint density at radius 3 is 2.54 bits per heavy atom. The summed E-state index contributed by atoms with van der Waals surface area (Å²) in [4.78, 5) is 30.4. The number of carbonyl (C=O) groups excluding carboxylic acids is 2. The first kappa shape index (κ1) is 18.9. The Balaban J connectivity index is 1.89. The largest absolute Gasteiger partial charge is 0.344 e. The van der Waals surface area contributed by atoms with Crippen LogP contribution in [0.25, 0.3) is 0 Å². The minimum Gasteiger partial charge on any atom is -0.344 e. The molecule has 0 spiro atoms. The molecule has 1 aliphatic heterocycles. The highest BCUT2D eigenvalue weighted by Crippen LogP contribution is 2.13. The molecule has 1 fully saturated rings. The Kier molecular flexibility index (Phi) is 7.24. The summed E-state index contributed by atoms with van der Waals surface area (Å²) in [5, 5.41) is 5.00. The van der Waals surface area contributed by atoms with E-state index in [1.54, 1.807) is 11.3 Å². The molecule has 0 saturated carbocycles. The first-order valence-electron chi connectivity index (χ1n) is 8.74. The van der Waals surface area contributed by atoms with E-state index >= 15 is 0 Å². The van der Waals surface area contributed by atoms with E-state index in [2.05, 4.69) is 31.1 Å². The number of hydrogen-bond donors (Lipinski definition) is 1. The van der Waals surface area contributed by atoms with Crippen LogP contribution in [0, 0.1) is 5.92 Å². The molecular formula is C18H29N3O2S. The van der Waals surface area contributed by atoms with Gasteiger partial charge in [0.05, 0.1) is 0 Å². The van der Waals surface area contributed by atoms with Gasteiger partial charge in [-0.25, -0.2) is 0 Å². The molecule has 134 valence electrons. The molecule has 1 atom stereocenters. The Labute approximate surface area is 149 Å². The quantitative estimate of drug-likeness (QED) is 0.817. The number of thiophene rings is 1. The molecule has 6 heteroatoms. The number of aryl methyl sites for hydroxylation is 1. The van der Waals surface area contributed by atoms with Crippen LogP contribution in [-0.2, 0) is 16.0 Å². The normalized spacial score (nSPS) is 17.1. The second kappa shape index (κ2) is 9.18. The third-order valence-corrected chi connectivity index (χ3v) is 5.27. The van der Waals surface area contributed by atoms with Crippen LogP contribution in [0.1, 0.15) is 31.6 Å². The number of nitrogens with one attached hydrogen (secondary N) is 1. The summed E-state index contributed by atoms with van der Waals surface area (Å²) < 4.78 is 0. The van der Waals surface area contributed by atoms with E-state index in [1.165, 1.54) is 4.88 Å². The summed E-state index contributed by atoms with van der Waals surface area (Å²) in [5.74, 6) is 0.404. The Bertz CT molecular complexity index is 522. The van der Waals surface area contributed by atoms with Crippen molar-refractivity contribution in [2.45, 2.75) is 39.2 Å². The lowest BCUT2D eigenvalue weighted by atomic mass is 10.0. The summed E-state index contributed by atoms with van der Waals surface area (Å²) >= 11 is 1.66. The molecule has 0 aliphatic carbocycles. The van der Waals surface area contributed by atoms with Crippen molar-refractivity contribution in [1.82, 2.24) is 15.1 Å². The minimum atomic E-state index is -0.399.